The quantitative estimate of drug-likeness (QED) is 0.565. The summed E-state index contributed by atoms with van der Waals surface area (Å²) in [7, 11) is 1.96. The van der Waals surface area contributed by atoms with Gasteiger partial charge in [0.25, 0.3) is 5.91 Å². The van der Waals surface area contributed by atoms with Gasteiger partial charge in [-0.1, -0.05) is 49.9 Å². The lowest BCUT2D eigenvalue weighted by Crippen LogP contribution is -2.26. The molecule has 142 valence electrons. The molecule has 6 heteroatoms. The molecule has 2 heterocycles. The molecular weight excluding hydrogens is 360 g/mol. The maximum Gasteiger partial charge on any atom is 0.270 e. The summed E-state index contributed by atoms with van der Waals surface area (Å²) in [6.07, 6.45) is 6.41. The van der Waals surface area contributed by atoms with Crippen LogP contribution in [0.1, 0.15) is 43.1 Å². The van der Waals surface area contributed by atoms with Crippen molar-refractivity contribution in [1.82, 2.24) is 19.7 Å². The van der Waals surface area contributed by atoms with E-state index in [4.69, 9.17) is 11.6 Å². The number of nitrogens with one attached hydrogen (secondary N) is 1. The number of hydrogen-bond donors (Lipinski definition) is 1. The maximum absolute atomic E-state index is 12.8. The highest BCUT2D eigenvalue weighted by atomic mass is 35.5. The minimum absolute atomic E-state index is 0.139. The summed E-state index contributed by atoms with van der Waals surface area (Å²) in [6, 6.07) is 13.2. The second-order valence-electron chi connectivity index (χ2n) is 6.60. The first-order chi connectivity index (χ1) is 13.1. The number of halogens is 1. The SMILES string of the molecule is CCCCCCNC(=O)c1cc(-c2cccn2C)nn1-c1ccccc1Cl. The van der Waals surface area contributed by atoms with Crippen molar-refractivity contribution in [2.75, 3.05) is 6.54 Å². The van der Waals surface area contributed by atoms with Crippen LogP contribution in [0.25, 0.3) is 17.1 Å². The van der Waals surface area contributed by atoms with Gasteiger partial charge in [-0.3, -0.25) is 4.79 Å². The third-order valence-electron chi connectivity index (χ3n) is 4.54. The fourth-order valence-electron chi connectivity index (χ4n) is 3.05. The van der Waals surface area contributed by atoms with Crippen molar-refractivity contribution in [3.63, 3.8) is 0 Å². The van der Waals surface area contributed by atoms with Crippen LogP contribution in [0.5, 0.6) is 0 Å². The molecule has 0 unspecified atom stereocenters. The van der Waals surface area contributed by atoms with Crippen LogP contribution in [0.15, 0.2) is 48.7 Å². The van der Waals surface area contributed by atoms with Crippen molar-refractivity contribution in [1.29, 1.82) is 0 Å². The summed E-state index contributed by atoms with van der Waals surface area (Å²) in [6.45, 7) is 2.83. The van der Waals surface area contributed by atoms with Crippen LogP contribution < -0.4 is 5.32 Å². The van der Waals surface area contributed by atoms with E-state index in [1.165, 1.54) is 12.8 Å². The van der Waals surface area contributed by atoms with Gasteiger partial charge in [-0.15, -0.1) is 0 Å². The Morgan fingerprint density at radius 1 is 1.15 bits per heavy atom. The Bertz CT molecular complexity index is 913. The van der Waals surface area contributed by atoms with Crippen molar-refractivity contribution < 1.29 is 4.79 Å². The number of carbonyl (C=O) groups is 1. The lowest BCUT2D eigenvalue weighted by molar-refractivity contribution is 0.0945. The van der Waals surface area contributed by atoms with E-state index < -0.39 is 0 Å². The third-order valence-corrected chi connectivity index (χ3v) is 4.86. The average molecular weight is 385 g/mol. The summed E-state index contributed by atoms with van der Waals surface area (Å²) < 4.78 is 3.61. The Kier molecular flexibility index (Phi) is 6.35. The molecule has 0 radical (unpaired) electrons. The number of rotatable bonds is 8. The molecule has 2 aromatic heterocycles. The van der Waals surface area contributed by atoms with Crippen LogP contribution in [0.2, 0.25) is 5.02 Å². The zero-order valence-electron chi connectivity index (χ0n) is 15.8. The number of nitrogens with zero attached hydrogens (tertiary/aromatic N) is 3. The largest absolute Gasteiger partial charge is 0.351 e. The second kappa shape index (κ2) is 8.91. The minimum Gasteiger partial charge on any atom is -0.351 e. The van der Waals surface area contributed by atoms with Gasteiger partial charge in [0.2, 0.25) is 0 Å². The summed E-state index contributed by atoms with van der Waals surface area (Å²) >= 11 is 6.36. The van der Waals surface area contributed by atoms with Gasteiger partial charge in [-0.05, 0) is 36.8 Å². The molecule has 0 aliphatic heterocycles. The molecule has 27 heavy (non-hydrogen) atoms. The predicted molar refractivity (Wildman–Crippen MR) is 109 cm³/mol. The number of aromatic nitrogens is 3. The Morgan fingerprint density at radius 2 is 1.96 bits per heavy atom. The second-order valence-corrected chi connectivity index (χ2v) is 7.01. The zero-order valence-corrected chi connectivity index (χ0v) is 16.5. The number of para-hydroxylation sites is 1. The highest BCUT2D eigenvalue weighted by Gasteiger charge is 2.19. The minimum atomic E-state index is -0.139. The molecular formula is C21H25ClN4O. The molecule has 1 N–H and O–H groups in total. The summed E-state index contributed by atoms with van der Waals surface area (Å²) in [5.41, 5.74) is 2.85. The molecule has 0 aliphatic carbocycles. The highest BCUT2D eigenvalue weighted by Crippen LogP contribution is 2.25. The van der Waals surface area contributed by atoms with Gasteiger partial charge in [0.15, 0.2) is 0 Å². The predicted octanol–water partition coefficient (Wildman–Crippen LogP) is 4.84. The van der Waals surface area contributed by atoms with Gasteiger partial charge in [0, 0.05) is 19.8 Å². The molecule has 0 saturated carbocycles. The van der Waals surface area contributed by atoms with Crippen molar-refractivity contribution in [3.05, 3.63) is 59.4 Å². The van der Waals surface area contributed by atoms with E-state index in [9.17, 15) is 4.79 Å². The van der Waals surface area contributed by atoms with Crippen molar-refractivity contribution in [3.8, 4) is 17.1 Å². The molecule has 0 fully saturated rings. The normalized spacial score (nSPS) is 10.9. The smallest absolute Gasteiger partial charge is 0.270 e. The molecule has 0 spiro atoms. The van der Waals surface area contributed by atoms with Crippen molar-refractivity contribution in [2.24, 2.45) is 7.05 Å². The summed E-state index contributed by atoms with van der Waals surface area (Å²) in [4.78, 5) is 12.8. The molecule has 3 rings (SSSR count). The van der Waals surface area contributed by atoms with Crippen LogP contribution in [0, 0.1) is 0 Å². The molecule has 1 amide bonds. The molecule has 0 atom stereocenters. The first-order valence-corrected chi connectivity index (χ1v) is 9.74. The number of amides is 1. The van der Waals surface area contributed by atoms with Crippen molar-refractivity contribution >= 4 is 17.5 Å². The average Bonchev–Trinajstić information content (AvgIpc) is 3.28. The van der Waals surface area contributed by atoms with Crippen molar-refractivity contribution in [2.45, 2.75) is 32.6 Å². The fraction of sp³-hybridized carbons (Fsp3) is 0.333. The topological polar surface area (TPSA) is 51.9 Å². The van der Waals surface area contributed by atoms with Crippen LogP contribution in [0.3, 0.4) is 0 Å². The van der Waals surface area contributed by atoms with E-state index in [0.29, 0.717) is 22.9 Å². The van der Waals surface area contributed by atoms with Gasteiger partial charge >= 0.3 is 0 Å². The van der Waals surface area contributed by atoms with E-state index >= 15 is 0 Å². The number of unbranched alkanes of at least 4 members (excludes halogenated alkanes) is 3. The van der Waals surface area contributed by atoms with E-state index in [-0.39, 0.29) is 5.91 Å². The van der Waals surface area contributed by atoms with Gasteiger partial charge in [0.1, 0.15) is 11.4 Å². The Labute approximate surface area is 165 Å². The van der Waals surface area contributed by atoms with Crippen LogP contribution in [-0.2, 0) is 7.05 Å². The van der Waals surface area contributed by atoms with Crippen LogP contribution in [-0.4, -0.2) is 26.8 Å². The van der Waals surface area contributed by atoms with E-state index in [1.807, 2.05) is 54.2 Å². The van der Waals surface area contributed by atoms with Gasteiger partial charge in [-0.2, -0.15) is 5.10 Å². The number of aryl methyl sites for hydroxylation is 1. The van der Waals surface area contributed by atoms with Gasteiger partial charge < -0.3 is 9.88 Å². The van der Waals surface area contributed by atoms with E-state index in [2.05, 4.69) is 17.3 Å². The molecule has 0 saturated heterocycles. The fourth-order valence-corrected chi connectivity index (χ4v) is 3.26. The lowest BCUT2D eigenvalue weighted by atomic mass is 10.2. The monoisotopic (exact) mass is 384 g/mol. The first kappa shape index (κ1) is 19.2. The third kappa shape index (κ3) is 4.42. The highest BCUT2D eigenvalue weighted by molar-refractivity contribution is 6.32. The molecule has 5 nitrogen and oxygen atoms in total. The number of benzene rings is 1. The number of hydrogen-bond acceptors (Lipinski definition) is 2. The maximum atomic E-state index is 12.8. The summed E-state index contributed by atoms with van der Waals surface area (Å²) in [5, 5.41) is 8.24. The summed E-state index contributed by atoms with van der Waals surface area (Å²) in [5.74, 6) is -0.139. The number of carbonyl (C=O) groups excluding carboxylic acids is 1. The zero-order chi connectivity index (χ0) is 19.2. The molecule has 1 aromatic carbocycles. The Morgan fingerprint density at radius 3 is 2.67 bits per heavy atom. The van der Waals surface area contributed by atoms with Crippen LogP contribution >= 0.6 is 11.6 Å². The first-order valence-electron chi connectivity index (χ1n) is 9.36. The Hall–Kier alpha value is -2.53. The van der Waals surface area contributed by atoms with E-state index in [0.717, 1.165) is 24.2 Å². The van der Waals surface area contributed by atoms with Gasteiger partial charge in [0.05, 0.1) is 16.4 Å². The lowest BCUT2D eigenvalue weighted by Gasteiger charge is -2.09. The van der Waals surface area contributed by atoms with E-state index in [1.54, 1.807) is 10.7 Å². The Balaban J connectivity index is 1.91. The van der Waals surface area contributed by atoms with Gasteiger partial charge in [-0.25, -0.2) is 4.68 Å². The molecule has 0 bridgehead atoms. The standard InChI is InChI=1S/C21H25ClN4O/c1-3-4-5-8-13-23-21(27)20-15-17(19-12-9-14-25(19)2)24-26(20)18-11-7-6-10-16(18)22/h6-7,9-12,14-15H,3-5,8,13H2,1-2H3,(H,23,27). The molecule has 0 aliphatic rings. The molecule has 3 aromatic rings. The van der Waals surface area contributed by atoms with Crippen LogP contribution in [0.4, 0.5) is 0 Å².